The van der Waals surface area contributed by atoms with Crippen LogP contribution in [0.5, 0.6) is 0 Å². The first-order valence-electron chi connectivity index (χ1n) is 3.08. The summed E-state index contributed by atoms with van der Waals surface area (Å²) in [4.78, 5) is 1.72. The van der Waals surface area contributed by atoms with E-state index in [1.807, 2.05) is 0 Å². The second kappa shape index (κ2) is 2.48. The second-order valence-corrected chi connectivity index (χ2v) is 4.23. The van der Waals surface area contributed by atoms with Crippen LogP contribution >= 0.6 is 22.6 Å². The molecule has 0 aliphatic heterocycles. The first kappa shape index (κ1) is 7.97. The summed E-state index contributed by atoms with van der Waals surface area (Å²) in [5.74, 6) is 0. The Hall–Kier alpha value is -0.130. The summed E-state index contributed by atoms with van der Waals surface area (Å²) in [6, 6.07) is 0. The van der Waals surface area contributed by atoms with Gasteiger partial charge in [0.1, 0.15) is 3.70 Å². The zero-order valence-electron chi connectivity index (χ0n) is 6.30. The zero-order chi connectivity index (χ0) is 7.78. The fourth-order valence-electron chi connectivity index (χ4n) is 0.568. The maximum atomic E-state index is 4.17. The molecule has 0 saturated carbocycles. The minimum atomic E-state index is 0.00339. The molecule has 0 fully saturated rings. The summed E-state index contributed by atoms with van der Waals surface area (Å²) in [5.41, 5.74) is 0.00339. The topological polar surface area (TPSA) is 30.7 Å². The standard InChI is InChI=1S/C6H10IN3/c1-6(2,3)10-8-4-5(7)9-10/h4H,1-3H3. The van der Waals surface area contributed by atoms with Crippen molar-refractivity contribution >= 4 is 22.6 Å². The van der Waals surface area contributed by atoms with Crippen LogP contribution in [0.15, 0.2) is 6.20 Å². The monoisotopic (exact) mass is 251 g/mol. The molecule has 4 heteroatoms. The summed E-state index contributed by atoms with van der Waals surface area (Å²) in [5, 5.41) is 8.26. The Kier molecular flexibility index (Phi) is 1.98. The number of aromatic nitrogens is 3. The summed E-state index contributed by atoms with van der Waals surface area (Å²) in [6.07, 6.45) is 1.76. The molecule has 3 nitrogen and oxygen atoms in total. The van der Waals surface area contributed by atoms with Gasteiger partial charge >= 0.3 is 0 Å². The van der Waals surface area contributed by atoms with E-state index in [-0.39, 0.29) is 5.54 Å². The third kappa shape index (κ3) is 1.68. The quantitative estimate of drug-likeness (QED) is 0.656. The van der Waals surface area contributed by atoms with E-state index in [1.54, 1.807) is 11.0 Å². The van der Waals surface area contributed by atoms with E-state index < -0.39 is 0 Å². The van der Waals surface area contributed by atoms with E-state index in [1.165, 1.54) is 0 Å². The third-order valence-electron chi connectivity index (χ3n) is 1.06. The summed E-state index contributed by atoms with van der Waals surface area (Å²) in [7, 11) is 0. The fourth-order valence-corrected chi connectivity index (χ4v) is 0.897. The highest BCUT2D eigenvalue weighted by Crippen LogP contribution is 2.10. The molecular weight excluding hydrogens is 241 g/mol. The van der Waals surface area contributed by atoms with Crippen LogP contribution in [0, 0.1) is 3.70 Å². The smallest absolute Gasteiger partial charge is 0.143 e. The maximum absolute atomic E-state index is 4.17. The molecule has 1 aromatic heterocycles. The number of hydrogen-bond donors (Lipinski definition) is 0. The largest absolute Gasteiger partial charge is 0.179 e. The van der Waals surface area contributed by atoms with Gasteiger partial charge in [0.05, 0.1) is 11.7 Å². The molecule has 0 amide bonds. The summed E-state index contributed by atoms with van der Waals surface area (Å²) >= 11 is 2.15. The van der Waals surface area contributed by atoms with E-state index in [4.69, 9.17) is 0 Å². The molecule has 0 spiro atoms. The van der Waals surface area contributed by atoms with Crippen LogP contribution in [0.3, 0.4) is 0 Å². The van der Waals surface area contributed by atoms with Gasteiger partial charge in [-0.15, -0.1) is 5.10 Å². The second-order valence-electron chi connectivity index (χ2n) is 3.13. The van der Waals surface area contributed by atoms with Gasteiger partial charge in [-0.1, -0.05) is 0 Å². The third-order valence-corrected chi connectivity index (χ3v) is 1.56. The van der Waals surface area contributed by atoms with Crippen LogP contribution in [-0.4, -0.2) is 15.0 Å². The van der Waals surface area contributed by atoms with E-state index in [9.17, 15) is 0 Å². The minimum Gasteiger partial charge on any atom is -0.179 e. The predicted molar refractivity (Wildman–Crippen MR) is 47.7 cm³/mol. The average Bonchev–Trinajstić information content (AvgIpc) is 2.11. The lowest BCUT2D eigenvalue weighted by molar-refractivity contribution is 0.311. The van der Waals surface area contributed by atoms with Gasteiger partial charge in [-0.2, -0.15) is 9.90 Å². The normalized spacial score (nSPS) is 12.0. The van der Waals surface area contributed by atoms with E-state index >= 15 is 0 Å². The van der Waals surface area contributed by atoms with Crippen molar-refractivity contribution in [1.82, 2.24) is 15.0 Å². The van der Waals surface area contributed by atoms with Gasteiger partial charge in [-0.3, -0.25) is 0 Å². The van der Waals surface area contributed by atoms with Crippen molar-refractivity contribution in [3.05, 3.63) is 9.90 Å². The first-order chi connectivity index (χ1) is 4.50. The number of nitrogens with zero attached hydrogens (tertiary/aromatic N) is 3. The number of rotatable bonds is 0. The van der Waals surface area contributed by atoms with E-state index in [2.05, 4.69) is 53.6 Å². The molecule has 0 bridgehead atoms. The highest BCUT2D eigenvalue weighted by molar-refractivity contribution is 14.1. The molecule has 56 valence electrons. The van der Waals surface area contributed by atoms with Crippen LogP contribution in [0.4, 0.5) is 0 Å². The van der Waals surface area contributed by atoms with Crippen LogP contribution in [0.2, 0.25) is 0 Å². The molecule has 0 saturated heterocycles. The van der Waals surface area contributed by atoms with Crippen LogP contribution in [-0.2, 0) is 5.54 Å². The lowest BCUT2D eigenvalue weighted by atomic mass is 10.1. The van der Waals surface area contributed by atoms with Crippen LogP contribution in [0.25, 0.3) is 0 Å². The number of hydrogen-bond acceptors (Lipinski definition) is 2. The van der Waals surface area contributed by atoms with Crippen LogP contribution in [0.1, 0.15) is 20.8 Å². The van der Waals surface area contributed by atoms with Crippen molar-refractivity contribution < 1.29 is 0 Å². The van der Waals surface area contributed by atoms with Gasteiger partial charge in [0, 0.05) is 0 Å². The molecule has 0 aliphatic carbocycles. The Morgan fingerprint density at radius 2 is 2.10 bits per heavy atom. The molecule has 0 radical (unpaired) electrons. The molecular formula is C6H10IN3. The van der Waals surface area contributed by atoms with Gasteiger partial charge < -0.3 is 0 Å². The molecule has 0 N–H and O–H groups in total. The van der Waals surface area contributed by atoms with Crippen molar-refractivity contribution in [2.24, 2.45) is 0 Å². The molecule has 1 aromatic rings. The van der Waals surface area contributed by atoms with Gasteiger partial charge in [0.2, 0.25) is 0 Å². The highest BCUT2D eigenvalue weighted by Gasteiger charge is 2.14. The molecule has 10 heavy (non-hydrogen) atoms. The Labute approximate surface area is 73.9 Å². The Balaban J connectivity index is 2.96. The van der Waals surface area contributed by atoms with Crippen molar-refractivity contribution in [2.45, 2.75) is 26.3 Å². The van der Waals surface area contributed by atoms with Crippen LogP contribution < -0.4 is 0 Å². The SMILES string of the molecule is CC(C)(C)n1ncc(I)n1. The summed E-state index contributed by atoms with van der Waals surface area (Å²) in [6.45, 7) is 6.22. The average molecular weight is 251 g/mol. The van der Waals surface area contributed by atoms with Crippen molar-refractivity contribution in [3.8, 4) is 0 Å². The van der Waals surface area contributed by atoms with E-state index in [0.29, 0.717) is 0 Å². The van der Waals surface area contributed by atoms with Crippen molar-refractivity contribution in [2.75, 3.05) is 0 Å². The van der Waals surface area contributed by atoms with Gasteiger partial charge in [-0.05, 0) is 43.4 Å². The number of halogens is 1. The first-order valence-corrected chi connectivity index (χ1v) is 4.16. The molecule has 1 heterocycles. The molecule has 0 aliphatic rings. The van der Waals surface area contributed by atoms with Gasteiger partial charge in [-0.25, -0.2) is 0 Å². The highest BCUT2D eigenvalue weighted by atomic mass is 127. The predicted octanol–water partition coefficient (Wildman–Crippen LogP) is 1.64. The lowest BCUT2D eigenvalue weighted by Crippen LogP contribution is -2.24. The molecule has 0 aromatic carbocycles. The maximum Gasteiger partial charge on any atom is 0.143 e. The summed E-state index contributed by atoms with van der Waals surface area (Å²) < 4.78 is 0.938. The van der Waals surface area contributed by atoms with E-state index in [0.717, 1.165) is 3.70 Å². The molecule has 1 rings (SSSR count). The van der Waals surface area contributed by atoms with Gasteiger partial charge in [0.25, 0.3) is 0 Å². The molecule has 0 atom stereocenters. The Morgan fingerprint density at radius 1 is 1.50 bits per heavy atom. The lowest BCUT2D eigenvalue weighted by Gasteiger charge is -2.16. The van der Waals surface area contributed by atoms with Crippen molar-refractivity contribution in [3.63, 3.8) is 0 Å². The zero-order valence-corrected chi connectivity index (χ0v) is 8.45. The Bertz CT molecular complexity index is 223. The minimum absolute atomic E-state index is 0.00339. The van der Waals surface area contributed by atoms with Crippen molar-refractivity contribution in [1.29, 1.82) is 0 Å². The van der Waals surface area contributed by atoms with Gasteiger partial charge in [0.15, 0.2) is 0 Å². The fraction of sp³-hybridized carbons (Fsp3) is 0.667. The molecule has 0 unspecified atom stereocenters. The Morgan fingerprint density at radius 3 is 2.30 bits per heavy atom.